The molecule has 7 heteroatoms. The molecule has 4 rings (SSSR count). The number of fused-ring (bicyclic) bond motifs is 1. The summed E-state index contributed by atoms with van der Waals surface area (Å²) < 4.78 is 0. The van der Waals surface area contributed by atoms with Gasteiger partial charge in [0, 0.05) is 37.7 Å². The predicted octanol–water partition coefficient (Wildman–Crippen LogP) is 0.631. The summed E-state index contributed by atoms with van der Waals surface area (Å²) in [5.41, 5.74) is 2.83. The minimum Gasteiger partial charge on any atom is -0.322 e. The Morgan fingerprint density at radius 3 is 2.81 bits per heavy atom. The molecule has 2 atom stereocenters. The third-order valence-electron chi connectivity index (χ3n) is 5.81. The largest absolute Gasteiger partial charge is 0.322 e. The first-order valence-corrected chi connectivity index (χ1v) is 9.70. The van der Waals surface area contributed by atoms with Crippen LogP contribution in [0.1, 0.15) is 47.2 Å². The number of likely N-dealkylation sites (N-methyl/N-ethyl adjacent to an activating group) is 1. The van der Waals surface area contributed by atoms with Crippen LogP contribution in [0.4, 0.5) is 0 Å². The summed E-state index contributed by atoms with van der Waals surface area (Å²) in [5, 5.41) is 5.87. The highest BCUT2D eigenvalue weighted by Crippen LogP contribution is 2.30. The maximum atomic E-state index is 12.9. The van der Waals surface area contributed by atoms with Crippen molar-refractivity contribution in [1.82, 2.24) is 20.4 Å². The highest BCUT2D eigenvalue weighted by atomic mass is 16.2. The van der Waals surface area contributed by atoms with Crippen molar-refractivity contribution in [1.29, 1.82) is 0 Å². The van der Waals surface area contributed by atoms with Crippen molar-refractivity contribution < 1.29 is 14.4 Å². The molecule has 2 saturated heterocycles. The number of carbonyl (C=O) groups excluding carboxylic acids is 3. The Bertz CT molecular complexity index is 772. The summed E-state index contributed by atoms with van der Waals surface area (Å²) in [6, 6.07) is 5.80. The van der Waals surface area contributed by atoms with Gasteiger partial charge in [0.15, 0.2) is 0 Å². The molecular formula is C20H26N4O3. The molecule has 0 spiro atoms. The van der Waals surface area contributed by atoms with Gasteiger partial charge < -0.3 is 15.1 Å². The molecule has 27 heavy (non-hydrogen) atoms. The fraction of sp³-hybridized carbons (Fsp3) is 0.550. The second-order valence-corrected chi connectivity index (χ2v) is 7.83. The minimum absolute atomic E-state index is 0.110. The smallest absolute Gasteiger partial charge is 0.255 e. The van der Waals surface area contributed by atoms with E-state index in [0.717, 1.165) is 30.8 Å². The highest BCUT2D eigenvalue weighted by molar-refractivity contribution is 6.05. The van der Waals surface area contributed by atoms with Gasteiger partial charge in [0.05, 0.1) is 0 Å². The van der Waals surface area contributed by atoms with Gasteiger partial charge in [-0.15, -0.1) is 0 Å². The quantitative estimate of drug-likeness (QED) is 0.743. The normalized spacial score (nSPS) is 25.3. The van der Waals surface area contributed by atoms with Crippen LogP contribution in [0.5, 0.6) is 0 Å². The van der Waals surface area contributed by atoms with E-state index in [1.54, 1.807) is 4.90 Å². The first kappa shape index (κ1) is 18.1. The molecule has 3 aliphatic rings. The molecule has 1 unspecified atom stereocenters. The van der Waals surface area contributed by atoms with Crippen molar-refractivity contribution in [2.45, 2.75) is 50.9 Å². The van der Waals surface area contributed by atoms with Crippen molar-refractivity contribution in [3.8, 4) is 0 Å². The Morgan fingerprint density at radius 2 is 2.07 bits per heavy atom. The maximum Gasteiger partial charge on any atom is 0.255 e. The minimum atomic E-state index is -0.559. The number of carbonyl (C=O) groups is 3. The highest BCUT2D eigenvalue weighted by Gasteiger charge is 2.39. The van der Waals surface area contributed by atoms with Gasteiger partial charge in [-0.05, 0) is 50.0 Å². The fourth-order valence-corrected chi connectivity index (χ4v) is 4.44. The molecule has 3 amide bonds. The molecule has 144 valence electrons. The zero-order valence-corrected chi connectivity index (χ0v) is 15.7. The van der Waals surface area contributed by atoms with Gasteiger partial charge in [0.1, 0.15) is 6.04 Å². The number of nitrogens with one attached hydrogen (secondary N) is 2. The van der Waals surface area contributed by atoms with Crippen LogP contribution in [0.3, 0.4) is 0 Å². The monoisotopic (exact) mass is 370 g/mol. The van der Waals surface area contributed by atoms with E-state index in [2.05, 4.69) is 28.6 Å². The standard InChI is InChI=1S/C20H26N4O3/c1-23(11-14-5-3-9-21-14)10-13-4-2-6-15-16(13)12-24(20(15)27)17-7-8-18(25)22-19(17)26/h2,4,6,14,17,21H,3,5,7-12H2,1H3,(H,22,25,26)/t14-,17?/m1/s1. The van der Waals surface area contributed by atoms with Crippen LogP contribution < -0.4 is 10.6 Å². The van der Waals surface area contributed by atoms with Gasteiger partial charge in [-0.25, -0.2) is 0 Å². The van der Waals surface area contributed by atoms with Gasteiger partial charge in [0.25, 0.3) is 5.91 Å². The van der Waals surface area contributed by atoms with E-state index in [9.17, 15) is 14.4 Å². The molecule has 0 bridgehead atoms. The molecule has 0 radical (unpaired) electrons. The van der Waals surface area contributed by atoms with Crippen molar-refractivity contribution in [3.63, 3.8) is 0 Å². The maximum absolute atomic E-state index is 12.9. The van der Waals surface area contributed by atoms with Crippen LogP contribution >= 0.6 is 0 Å². The third-order valence-corrected chi connectivity index (χ3v) is 5.81. The van der Waals surface area contributed by atoms with Crippen LogP contribution in [-0.4, -0.2) is 59.7 Å². The summed E-state index contributed by atoms with van der Waals surface area (Å²) in [6.07, 6.45) is 3.11. The topological polar surface area (TPSA) is 81.8 Å². The van der Waals surface area contributed by atoms with Gasteiger partial charge in [0.2, 0.25) is 11.8 Å². The first-order chi connectivity index (χ1) is 13.0. The van der Waals surface area contributed by atoms with E-state index in [-0.39, 0.29) is 24.1 Å². The second kappa shape index (κ2) is 7.40. The Kier molecular flexibility index (Phi) is 4.97. The van der Waals surface area contributed by atoms with E-state index >= 15 is 0 Å². The average Bonchev–Trinajstić information content (AvgIpc) is 3.24. The molecule has 0 aliphatic carbocycles. The summed E-state index contributed by atoms with van der Waals surface area (Å²) in [6.45, 7) is 3.28. The van der Waals surface area contributed by atoms with E-state index in [0.29, 0.717) is 24.6 Å². The molecule has 0 aromatic heterocycles. The van der Waals surface area contributed by atoms with Crippen LogP contribution in [-0.2, 0) is 22.7 Å². The number of nitrogens with zero attached hydrogens (tertiary/aromatic N) is 2. The number of piperidine rings is 1. The molecule has 1 aromatic carbocycles. The van der Waals surface area contributed by atoms with Crippen molar-refractivity contribution in [2.75, 3.05) is 20.1 Å². The molecule has 3 aliphatic heterocycles. The molecule has 3 heterocycles. The van der Waals surface area contributed by atoms with Crippen molar-refractivity contribution in [3.05, 3.63) is 34.9 Å². The molecule has 2 fully saturated rings. The van der Waals surface area contributed by atoms with Crippen LogP contribution in [0.25, 0.3) is 0 Å². The average molecular weight is 370 g/mol. The summed E-state index contributed by atoms with van der Waals surface area (Å²) in [5.74, 6) is -0.733. The number of rotatable bonds is 5. The van der Waals surface area contributed by atoms with E-state index < -0.39 is 6.04 Å². The number of benzene rings is 1. The van der Waals surface area contributed by atoms with E-state index in [4.69, 9.17) is 0 Å². The SMILES string of the molecule is CN(Cc1cccc2c1CN(C1CCC(=O)NC1=O)C2=O)C[C@H]1CCCN1. The molecular weight excluding hydrogens is 344 g/mol. The number of hydrogen-bond acceptors (Lipinski definition) is 5. The number of imide groups is 1. The lowest BCUT2D eigenvalue weighted by molar-refractivity contribution is -0.136. The van der Waals surface area contributed by atoms with Crippen molar-refractivity contribution >= 4 is 17.7 Å². The Morgan fingerprint density at radius 1 is 1.22 bits per heavy atom. The van der Waals surface area contributed by atoms with Crippen LogP contribution in [0.2, 0.25) is 0 Å². The Hall–Kier alpha value is -2.25. The van der Waals surface area contributed by atoms with Gasteiger partial charge in [-0.2, -0.15) is 0 Å². The number of amides is 3. The van der Waals surface area contributed by atoms with Crippen molar-refractivity contribution in [2.24, 2.45) is 0 Å². The second-order valence-electron chi connectivity index (χ2n) is 7.83. The first-order valence-electron chi connectivity index (χ1n) is 9.70. The lowest BCUT2D eigenvalue weighted by Crippen LogP contribution is -2.52. The Balaban J connectivity index is 1.48. The summed E-state index contributed by atoms with van der Waals surface area (Å²) in [4.78, 5) is 40.4. The van der Waals surface area contributed by atoms with Crippen LogP contribution in [0, 0.1) is 0 Å². The third kappa shape index (κ3) is 3.61. The van der Waals surface area contributed by atoms with Gasteiger partial charge >= 0.3 is 0 Å². The van der Waals surface area contributed by atoms with Gasteiger partial charge in [-0.1, -0.05) is 12.1 Å². The van der Waals surface area contributed by atoms with Crippen LogP contribution in [0.15, 0.2) is 18.2 Å². The van der Waals surface area contributed by atoms with E-state index in [1.807, 2.05) is 12.1 Å². The lowest BCUT2D eigenvalue weighted by atomic mass is 10.0. The predicted molar refractivity (Wildman–Crippen MR) is 99.8 cm³/mol. The summed E-state index contributed by atoms with van der Waals surface area (Å²) in [7, 11) is 2.11. The van der Waals surface area contributed by atoms with E-state index in [1.165, 1.54) is 12.8 Å². The zero-order valence-electron chi connectivity index (χ0n) is 15.7. The Labute approximate surface area is 159 Å². The molecule has 7 nitrogen and oxygen atoms in total. The van der Waals surface area contributed by atoms with Gasteiger partial charge in [-0.3, -0.25) is 19.7 Å². The summed E-state index contributed by atoms with van der Waals surface area (Å²) >= 11 is 0. The molecule has 1 aromatic rings. The fourth-order valence-electron chi connectivity index (χ4n) is 4.44. The molecule has 2 N–H and O–H groups in total. The molecule has 0 saturated carbocycles. The number of hydrogen-bond donors (Lipinski definition) is 2. The zero-order chi connectivity index (χ0) is 19.0. The lowest BCUT2D eigenvalue weighted by Gasteiger charge is -2.29.